The topological polar surface area (TPSA) is 73.9 Å². The summed E-state index contributed by atoms with van der Waals surface area (Å²) in [6.45, 7) is 4.40. The third-order valence-corrected chi connectivity index (χ3v) is 3.72. The van der Waals surface area contributed by atoms with Crippen LogP contribution in [-0.2, 0) is 14.3 Å². The van der Waals surface area contributed by atoms with Crippen molar-refractivity contribution in [2.45, 2.75) is 26.7 Å². The first-order valence-electron chi connectivity index (χ1n) is 8.96. The highest BCUT2D eigenvalue weighted by Crippen LogP contribution is 2.26. The smallest absolute Gasteiger partial charge is 0.306 e. The molecule has 27 heavy (non-hydrogen) atoms. The van der Waals surface area contributed by atoms with Crippen LogP contribution in [0, 0.1) is 6.92 Å². The highest BCUT2D eigenvalue weighted by molar-refractivity contribution is 5.93. The van der Waals surface area contributed by atoms with Gasteiger partial charge in [0, 0.05) is 12.1 Å². The minimum Gasteiger partial charge on any atom is -0.490 e. The van der Waals surface area contributed by atoms with Gasteiger partial charge in [-0.1, -0.05) is 30.3 Å². The summed E-state index contributed by atoms with van der Waals surface area (Å²) in [5.74, 6) is 0.525. The Morgan fingerprint density at radius 2 is 1.63 bits per heavy atom. The number of nitrogens with one attached hydrogen (secondary N) is 1. The Hall–Kier alpha value is -3.02. The summed E-state index contributed by atoms with van der Waals surface area (Å²) < 4.78 is 16.1. The standard InChI is InChI=1S/C21H25NO5/c1-3-25-18-11-6-7-12-19(18)26-14-8-13-21(24)27-15-20(23)22-17-10-5-4-9-16(17)2/h4-7,9-12H,3,8,13-15H2,1-2H3,(H,22,23). The number of benzene rings is 2. The van der Waals surface area contributed by atoms with Gasteiger partial charge in [-0.05, 0) is 44.0 Å². The second-order valence-electron chi connectivity index (χ2n) is 5.86. The fourth-order valence-electron chi connectivity index (χ4n) is 2.36. The lowest BCUT2D eigenvalue weighted by molar-refractivity contribution is -0.147. The molecule has 0 aliphatic rings. The Labute approximate surface area is 159 Å². The van der Waals surface area contributed by atoms with Gasteiger partial charge in [-0.25, -0.2) is 0 Å². The minimum atomic E-state index is -0.434. The molecule has 2 aromatic rings. The Morgan fingerprint density at radius 1 is 0.963 bits per heavy atom. The average Bonchev–Trinajstić information content (AvgIpc) is 2.67. The maximum atomic E-state index is 11.9. The molecular weight excluding hydrogens is 346 g/mol. The molecule has 144 valence electrons. The molecule has 0 aromatic heterocycles. The first-order valence-corrected chi connectivity index (χ1v) is 8.96. The molecule has 0 saturated carbocycles. The predicted molar refractivity (Wildman–Crippen MR) is 103 cm³/mol. The van der Waals surface area contributed by atoms with E-state index in [1.54, 1.807) is 6.07 Å². The Balaban J connectivity index is 1.65. The van der Waals surface area contributed by atoms with Gasteiger partial charge in [-0.15, -0.1) is 0 Å². The van der Waals surface area contributed by atoms with E-state index >= 15 is 0 Å². The third kappa shape index (κ3) is 7.01. The van der Waals surface area contributed by atoms with Crippen LogP contribution in [0.3, 0.4) is 0 Å². The number of hydrogen-bond acceptors (Lipinski definition) is 5. The van der Waals surface area contributed by atoms with Crippen molar-refractivity contribution in [3.63, 3.8) is 0 Å². The molecule has 0 fully saturated rings. The number of anilines is 1. The molecule has 2 rings (SSSR count). The molecule has 0 unspecified atom stereocenters. The van der Waals surface area contributed by atoms with Crippen molar-refractivity contribution in [2.75, 3.05) is 25.1 Å². The van der Waals surface area contributed by atoms with E-state index in [0.29, 0.717) is 36.8 Å². The van der Waals surface area contributed by atoms with Crippen LogP contribution in [0.15, 0.2) is 48.5 Å². The number of rotatable bonds is 10. The fraction of sp³-hybridized carbons (Fsp3) is 0.333. The normalized spacial score (nSPS) is 10.1. The van der Waals surface area contributed by atoms with Crippen LogP contribution in [-0.4, -0.2) is 31.7 Å². The Kier molecular flexibility index (Phi) is 8.16. The number of hydrogen-bond donors (Lipinski definition) is 1. The van der Waals surface area contributed by atoms with E-state index in [2.05, 4.69) is 5.32 Å². The van der Waals surface area contributed by atoms with E-state index in [9.17, 15) is 9.59 Å². The van der Waals surface area contributed by atoms with Gasteiger partial charge in [0.1, 0.15) is 0 Å². The van der Waals surface area contributed by atoms with E-state index in [0.717, 1.165) is 5.56 Å². The first-order chi connectivity index (χ1) is 13.1. The molecule has 0 saturated heterocycles. The van der Waals surface area contributed by atoms with Crippen LogP contribution in [0.1, 0.15) is 25.3 Å². The number of carbonyl (C=O) groups is 2. The summed E-state index contributed by atoms with van der Waals surface area (Å²) >= 11 is 0. The van der Waals surface area contributed by atoms with Crippen molar-refractivity contribution < 1.29 is 23.8 Å². The summed E-state index contributed by atoms with van der Waals surface area (Å²) in [6, 6.07) is 14.8. The first kappa shape index (κ1) is 20.3. The summed E-state index contributed by atoms with van der Waals surface area (Å²) in [4.78, 5) is 23.6. The van der Waals surface area contributed by atoms with Gasteiger partial charge in [-0.3, -0.25) is 9.59 Å². The third-order valence-electron chi connectivity index (χ3n) is 3.72. The number of amides is 1. The molecule has 1 N–H and O–H groups in total. The minimum absolute atomic E-state index is 0.175. The average molecular weight is 371 g/mol. The van der Waals surface area contributed by atoms with Gasteiger partial charge >= 0.3 is 5.97 Å². The number of esters is 1. The molecule has 0 spiro atoms. The lowest BCUT2D eigenvalue weighted by Gasteiger charge is -2.11. The number of aryl methyl sites for hydroxylation is 1. The zero-order chi connectivity index (χ0) is 19.5. The van der Waals surface area contributed by atoms with E-state index in [1.165, 1.54) is 0 Å². The zero-order valence-corrected chi connectivity index (χ0v) is 15.7. The summed E-state index contributed by atoms with van der Waals surface area (Å²) in [5.41, 5.74) is 1.65. The fourth-order valence-corrected chi connectivity index (χ4v) is 2.36. The molecule has 2 aromatic carbocycles. The lowest BCUT2D eigenvalue weighted by atomic mass is 10.2. The van der Waals surface area contributed by atoms with Crippen molar-refractivity contribution in [3.05, 3.63) is 54.1 Å². The van der Waals surface area contributed by atoms with E-state index < -0.39 is 5.97 Å². The molecule has 0 bridgehead atoms. The van der Waals surface area contributed by atoms with Crippen molar-refractivity contribution in [1.82, 2.24) is 0 Å². The number of carbonyl (C=O) groups excluding carboxylic acids is 2. The van der Waals surface area contributed by atoms with Crippen molar-refractivity contribution in [3.8, 4) is 11.5 Å². The Bertz CT molecular complexity index is 760. The molecule has 0 aliphatic heterocycles. The molecule has 6 heteroatoms. The van der Waals surface area contributed by atoms with Crippen LogP contribution in [0.25, 0.3) is 0 Å². The largest absolute Gasteiger partial charge is 0.490 e. The van der Waals surface area contributed by atoms with Gasteiger partial charge in [-0.2, -0.15) is 0 Å². The summed E-state index contributed by atoms with van der Waals surface area (Å²) in [5, 5.41) is 2.72. The predicted octanol–water partition coefficient (Wildman–Crippen LogP) is 3.73. The number of para-hydroxylation sites is 3. The summed E-state index contributed by atoms with van der Waals surface area (Å²) in [6.07, 6.45) is 0.660. The van der Waals surface area contributed by atoms with Crippen molar-refractivity contribution in [1.29, 1.82) is 0 Å². The van der Waals surface area contributed by atoms with Gasteiger partial charge in [0.2, 0.25) is 0 Å². The van der Waals surface area contributed by atoms with Crippen LogP contribution >= 0.6 is 0 Å². The van der Waals surface area contributed by atoms with E-state index in [-0.39, 0.29) is 18.9 Å². The molecule has 6 nitrogen and oxygen atoms in total. The number of ether oxygens (including phenoxy) is 3. The van der Waals surface area contributed by atoms with Gasteiger partial charge in [0.25, 0.3) is 5.91 Å². The second kappa shape index (κ2) is 10.9. The van der Waals surface area contributed by atoms with E-state index in [4.69, 9.17) is 14.2 Å². The molecular formula is C21H25NO5. The van der Waals surface area contributed by atoms with Gasteiger partial charge in [0.15, 0.2) is 18.1 Å². The molecule has 0 atom stereocenters. The van der Waals surface area contributed by atoms with Crippen molar-refractivity contribution in [2.24, 2.45) is 0 Å². The van der Waals surface area contributed by atoms with Crippen LogP contribution in [0.2, 0.25) is 0 Å². The van der Waals surface area contributed by atoms with Crippen LogP contribution in [0.4, 0.5) is 5.69 Å². The summed E-state index contributed by atoms with van der Waals surface area (Å²) in [7, 11) is 0. The highest BCUT2D eigenvalue weighted by Gasteiger charge is 2.09. The van der Waals surface area contributed by atoms with Gasteiger partial charge < -0.3 is 19.5 Å². The van der Waals surface area contributed by atoms with Crippen LogP contribution < -0.4 is 14.8 Å². The molecule has 0 radical (unpaired) electrons. The maximum Gasteiger partial charge on any atom is 0.306 e. The second-order valence-corrected chi connectivity index (χ2v) is 5.86. The molecule has 0 heterocycles. The SMILES string of the molecule is CCOc1ccccc1OCCCC(=O)OCC(=O)Nc1ccccc1C. The van der Waals surface area contributed by atoms with Gasteiger partial charge in [0.05, 0.1) is 13.2 Å². The molecule has 0 aliphatic carbocycles. The van der Waals surface area contributed by atoms with Crippen molar-refractivity contribution >= 4 is 17.6 Å². The lowest BCUT2D eigenvalue weighted by Crippen LogP contribution is -2.21. The maximum absolute atomic E-state index is 11.9. The van der Waals surface area contributed by atoms with E-state index in [1.807, 2.05) is 56.3 Å². The molecule has 1 amide bonds. The Morgan fingerprint density at radius 3 is 2.33 bits per heavy atom. The quantitative estimate of drug-likeness (QED) is 0.509. The monoisotopic (exact) mass is 371 g/mol. The highest BCUT2D eigenvalue weighted by atomic mass is 16.5. The van der Waals surface area contributed by atoms with Crippen LogP contribution in [0.5, 0.6) is 11.5 Å². The zero-order valence-electron chi connectivity index (χ0n) is 15.7.